The van der Waals surface area contributed by atoms with Gasteiger partial charge in [-0.15, -0.1) is 0 Å². The van der Waals surface area contributed by atoms with Crippen LogP contribution < -0.4 is 19.1 Å². The average Bonchev–Trinajstić information content (AvgIpc) is 2.59. The summed E-state index contributed by atoms with van der Waals surface area (Å²) in [4.78, 5) is 14.7. The Hall–Kier alpha value is -2.69. The second-order valence-electron chi connectivity index (χ2n) is 4.81. The fraction of sp³-hybridized carbons (Fsp3) is 0.235. The number of methoxy groups -OCH3 is 2. The average molecular weight is 299 g/mol. The van der Waals surface area contributed by atoms with Crippen LogP contribution in [0.25, 0.3) is 0 Å². The zero-order chi connectivity index (χ0) is 15.5. The fourth-order valence-electron chi connectivity index (χ4n) is 2.58. The van der Waals surface area contributed by atoms with Gasteiger partial charge in [0.05, 0.1) is 26.5 Å². The topological polar surface area (TPSA) is 48.0 Å². The number of benzene rings is 2. The maximum atomic E-state index is 13.0. The Kier molecular flexibility index (Phi) is 3.87. The van der Waals surface area contributed by atoms with Crippen molar-refractivity contribution in [3.05, 3.63) is 48.0 Å². The number of nitrogens with zero attached hydrogens (tertiary/aromatic N) is 1. The first-order valence-electron chi connectivity index (χ1n) is 7.01. The summed E-state index contributed by atoms with van der Waals surface area (Å²) in [5.74, 6) is 1.53. The first-order valence-corrected chi connectivity index (χ1v) is 7.01. The van der Waals surface area contributed by atoms with E-state index in [0.29, 0.717) is 36.0 Å². The molecule has 3 rings (SSSR count). The molecule has 22 heavy (non-hydrogen) atoms. The molecule has 0 fully saturated rings. The summed E-state index contributed by atoms with van der Waals surface area (Å²) in [5, 5.41) is 0. The van der Waals surface area contributed by atoms with E-state index in [1.807, 2.05) is 24.3 Å². The van der Waals surface area contributed by atoms with E-state index >= 15 is 0 Å². The molecule has 0 spiro atoms. The van der Waals surface area contributed by atoms with Crippen molar-refractivity contribution in [2.45, 2.75) is 0 Å². The van der Waals surface area contributed by atoms with Gasteiger partial charge < -0.3 is 19.1 Å². The van der Waals surface area contributed by atoms with Gasteiger partial charge in [-0.2, -0.15) is 0 Å². The Labute approximate surface area is 129 Å². The van der Waals surface area contributed by atoms with E-state index in [1.165, 1.54) is 0 Å². The largest absolute Gasteiger partial charge is 0.496 e. The van der Waals surface area contributed by atoms with Crippen molar-refractivity contribution in [3.8, 4) is 17.2 Å². The minimum Gasteiger partial charge on any atom is -0.496 e. The van der Waals surface area contributed by atoms with Crippen LogP contribution in [0.4, 0.5) is 5.69 Å². The van der Waals surface area contributed by atoms with E-state index in [1.54, 1.807) is 37.3 Å². The monoisotopic (exact) mass is 299 g/mol. The van der Waals surface area contributed by atoms with Crippen LogP contribution in [0.5, 0.6) is 17.2 Å². The zero-order valence-electron chi connectivity index (χ0n) is 12.5. The minimum absolute atomic E-state index is 0.162. The molecule has 0 N–H and O–H groups in total. The van der Waals surface area contributed by atoms with Crippen LogP contribution in [-0.2, 0) is 0 Å². The van der Waals surface area contributed by atoms with Crippen LogP contribution in [0.2, 0.25) is 0 Å². The van der Waals surface area contributed by atoms with Gasteiger partial charge in [-0.25, -0.2) is 0 Å². The number of ether oxygens (including phenoxy) is 3. The van der Waals surface area contributed by atoms with Crippen molar-refractivity contribution in [3.63, 3.8) is 0 Å². The standard InChI is InChI=1S/C17H17NO4/c1-20-14-8-5-9-15(21-2)16(14)17(19)18-10-11-22-13-7-4-3-6-12(13)18/h3-9H,10-11H2,1-2H3. The predicted molar refractivity (Wildman–Crippen MR) is 83.2 cm³/mol. The Morgan fingerprint density at radius 2 is 1.73 bits per heavy atom. The van der Waals surface area contributed by atoms with Crippen molar-refractivity contribution in [1.82, 2.24) is 0 Å². The number of fused-ring (bicyclic) bond motifs is 1. The molecule has 0 atom stereocenters. The fourth-order valence-corrected chi connectivity index (χ4v) is 2.58. The molecular weight excluding hydrogens is 282 g/mol. The SMILES string of the molecule is COc1cccc(OC)c1C(=O)N1CCOc2ccccc21. The minimum atomic E-state index is -0.162. The molecule has 5 heteroatoms. The highest BCUT2D eigenvalue weighted by atomic mass is 16.5. The lowest BCUT2D eigenvalue weighted by Gasteiger charge is -2.30. The third kappa shape index (κ3) is 2.35. The lowest BCUT2D eigenvalue weighted by molar-refractivity contribution is 0.0970. The number of carbonyl (C=O) groups is 1. The number of hydrogen-bond acceptors (Lipinski definition) is 4. The number of rotatable bonds is 3. The highest BCUT2D eigenvalue weighted by Gasteiger charge is 2.28. The van der Waals surface area contributed by atoms with Crippen LogP contribution in [-0.4, -0.2) is 33.3 Å². The Morgan fingerprint density at radius 1 is 1.05 bits per heavy atom. The van der Waals surface area contributed by atoms with Crippen LogP contribution in [0.15, 0.2) is 42.5 Å². The van der Waals surface area contributed by atoms with E-state index in [2.05, 4.69) is 0 Å². The van der Waals surface area contributed by atoms with Crippen LogP contribution in [0, 0.1) is 0 Å². The number of amides is 1. The number of para-hydroxylation sites is 2. The van der Waals surface area contributed by atoms with Gasteiger partial charge in [0.15, 0.2) is 0 Å². The van der Waals surface area contributed by atoms with Crippen molar-refractivity contribution >= 4 is 11.6 Å². The van der Waals surface area contributed by atoms with Gasteiger partial charge in [0.1, 0.15) is 29.4 Å². The van der Waals surface area contributed by atoms with Crippen molar-refractivity contribution in [2.75, 3.05) is 32.3 Å². The summed E-state index contributed by atoms with van der Waals surface area (Å²) in [6.45, 7) is 0.942. The first-order chi connectivity index (χ1) is 10.8. The maximum absolute atomic E-state index is 13.0. The van der Waals surface area contributed by atoms with Gasteiger partial charge in [0.25, 0.3) is 5.91 Å². The van der Waals surface area contributed by atoms with E-state index in [9.17, 15) is 4.79 Å². The smallest absolute Gasteiger partial charge is 0.266 e. The summed E-state index contributed by atoms with van der Waals surface area (Å²) in [6.07, 6.45) is 0. The molecule has 1 amide bonds. The van der Waals surface area contributed by atoms with Crippen LogP contribution in [0.3, 0.4) is 0 Å². The molecule has 0 saturated heterocycles. The molecule has 0 aromatic heterocycles. The lowest BCUT2D eigenvalue weighted by atomic mass is 10.1. The molecule has 5 nitrogen and oxygen atoms in total. The highest BCUT2D eigenvalue weighted by Crippen LogP contribution is 2.35. The lowest BCUT2D eigenvalue weighted by Crippen LogP contribution is -2.38. The number of hydrogen-bond donors (Lipinski definition) is 0. The van der Waals surface area contributed by atoms with E-state index < -0.39 is 0 Å². The summed E-state index contributed by atoms with van der Waals surface area (Å²) in [5.41, 5.74) is 1.18. The van der Waals surface area contributed by atoms with Gasteiger partial charge in [0, 0.05) is 0 Å². The molecule has 0 radical (unpaired) electrons. The molecule has 1 aliphatic heterocycles. The molecule has 1 aliphatic rings. The summed E-state index contributed by atoms with van der Waals surface area (Å²) in [7, 11) is 3.08. The van der Waals surface area contributed by atoms with Gasteiger partial charge in [-0.05, 0) is 24.3 Å². The van der Waals surface area contributed by atoms with Crippen LogP contribution in [0.1, 0.15) is 10.4 Å². The van der Waals surface area contributed by atoms with E-state index in [4.69, 9.17) is 14.2 Å². The van der Waals surface area contributed by atoms with Crippen LogP contribution >= 0.6 is 0 Å². The first kappa shape index (κ1) is 14.3. The van der Waals surface area contributed by atoms with Crippen molar-refractivity contribution in [2.24, 2.45) is 0 Å². The molecule has 2 aromatic rings. The van der Waals surface area contributed by atoms with E-state index in [-0.39, 0.29) is 5.91 Å². The summed E-state index contributed by atoms with van der Waals surface area (Å²) < 4.78 is 16.3. The molecule has 0 saturated carbocycles. The third-order valence-corrected chi connectivity index (χ3v) is 3.62. The summed E-state index contributed by atoms with van der Waals surface area (Å²) in [6, 6.07) is 12.8. The second-order valence-corrected chi connectivity index (χ2v) is 4.81. The molecule has 2 aromatic carbocycles. The van der Waals surface area contributed by atoms with Crippen molar-refractivity contribution < 1.29 is 19.0 Å². The third-order valence-electron chi connectivity index (χ3n) is 3.62. The number of carbonyl (C=O) groups excluding carboxylic acids is 1. The second kappa shape index (κ2) is 5.97. The van der Waals surface area contributed by atoms with Gasteiger partial charge in [-0.3, -0.25) is 4.79 Å². The maximum Gasteiger partial charge on any atom is 0.266 e. The van der Waals surface area contributed by atoms with Crippen molar-refractivity contribution in [1.29, 1.82) is 0 Å². The van der Waals surface area contributed by atoms with Gasteiger partial charge in [0.2, 0.25) is 0 Å². The molecular formula is C17H17NO4. The zero-order valence-corrected chi connectivity index (χ0v) is 12.5. The Bertz CT molecular complexity index is 677. The molecule has 0 bridgehead atoms. The van der Waals surface area contributed by atoms with E-state index in [0.717, 1.165) is 5.69 Å². The normalized spacial score (nSPS) is 13.1. The quantitative estimate of drug-likeness (QED) is 0.874. The Morgan fingerprint density at radius 3 is 2.41 bits per heavy atom. The molecule has 0 aliphatic carbocycles. The predicted octanol–water partition coefficient (Wildman–Crippen LogP) is 2.74. The van der Waals surface area contributed by atoms with Gasteiger partial charge in [-0.1, -0.05) is 18.2 Å². The highest BCUT2D eigenvalue weighted by molar-refractivity contribution is 6.10. The number of anilines is 1. The molecule has 1 heterocycles. The summed E-state index contributed by atoms with van der Waals surface area (Å²) >= 11 is 0. The molecule has 114 valence electrons. The molecule has 0 unspecified atom stereocenters. The van der Waals surface area contributed by atoms with Gasteiger partial charge >= 0.3 is 0 Å². The Balaban J connectivity index is 2.06.